The third kappa shape index (κ3) is 1.80. The van der Waals surface area contributed by atoms with E-state index >= 15 is 0 Å². The Kier molecular flexibility index (Phi) is 2.26. The number of rotatable bonds is 2. The van der Waals surface area contributed by atoms with E-state index < -0.39 is 0 Å². The Morgan fingerprint density at radius 1 is 1.73 bits per heavy atom. The van der Waals surface area contributed by atoms with E-state index in [9.17, 15) is 0 Å². The maximum Gasteiger partial charge on any atom is 0.0407 e. The van der Waals surface area contributed by atoms with Crippen LogP contribution in [0.15, 0.2) is 24.9 Å². The van der Waals surface area contributed by atoms with Crippen LogP contribution < -0.4 is 5.73 Å². The summed E-state index contributed by atoms with van der Waals surface area (Å²) in [5.41, 5.74) is 8.13. The number of pyridine rings is 1. The lowest BCUT2D eigenvalue weighted by atomic mass is 10.2. The van der Waals surface area contributed by atoms with Gasteiger partial charge < -0.3 is 5.73 Å². The molecule has 0 radical (unpaired) electrons. The molecule has 0 aromatic carbocycles. The molecule has 0 saturated carbocycles. The second-order valence-electron chi connectivity index (χ2n) is 2.41. The van der Waals surface area contributed by atoms with Gasteiger partial charge in [-0.1, -0.05) is 13.5 Å². The third-order valence-electron chi connectivity index (χ3n) is 1.55. The highest BCUT2D eigenvalue weighted by atomic mass is 14.7. The molecule has 1 aromatic heterocycles. The van der Waals surface area contributed by atoms with E-state index in [1.54, 1.807) is 6.20 Å². The van der Waals surface area contributed by atoms with Gasteiger partial charge >= 0.3 is 0 Å². The first-order valence-electron chi connectivity index (χ1n) is 3.63. The standard InChI is InChI=1S/C9H12N2/c1-3-9-6-8(7(2)10)4-5-11-9/h4-6H,2-3,10H2,1H3. The van der Waals surface area contributed by atoms with Gasteiger partial charge in [-0.15, -0.1) is 0 Å². The maximum atomic E-state index is 5.52. The van der Waals surface area contributed by atoms with E-state index in [0.717, 1.165) is 17.7 Å². The zero-order valence-corrected chi connectivity index (χ0v) is 6.67. The van der Waals surface area contributed by atoms with Crippen LogP contribution in [0.3, 0.4) is 0 Å². The summed E-state index contributed by atoms with van der Waals surface area (Å²) in [7, 11) is 0. The van der Waals surface area contributed by atoms with Crippen molar-refractivity contribution in [2.45, 2.75) is 13.3 Å². The van der Waals surface area contributed by atoms with Crippen molar-refractivity contribution >= 4 is 5.70 Å². The molecule has 0 spiro atoms. The molecule has 2 heteroatoms. The predicted octanol–water partition coefficient (Wildman–Crippen LogP) is 1.57. The van der Waals surface area contributed by atoms with Gasteiger partial charge in [-0.2, -0.15) is 0 Å². The molecule has 0 saturated heterocycles. The molecule has 0 aliphatic heterocycles. The SMILES string of the molecule is C=C(N)c1ccnc(CC)c1. The van der Waals surface area contributed by atoms with Crippen molar-refractivity contribution in [3.8, 4) is 0 Å². The first kappa shape index (κ1) is 7.79. The average molecular weight is 148 g/mol. The largest absolute Gasteiger partial charge is 0.399 e. The second-order valence-corrected chi connectivity index (χ2v) is 2.41. The van der Waals surface area contributed by atoms with Gasteiger partial charge in [0.2, 0.25) is 0 Å². The Morgan fingerprint density at radius 3 is 3.00 bits per heavy atom. The number of nitrogens with two attached hydrogens (primary N) is 1. The lowest BCUT2D eigenvalue weighted by Gasteiger charge is -2.00. The van der Waals surface area contributed by atoms with Crippen molar-refractivity contribution in [1.29, 1.82) is 0 Å². The van der Waals surface area contributed by atoms with E-state index in [1.165, 1.54) is 0 Å². The van der Waals surface area contributed by atoms with Crippen LogP contribution in [0, 0.1) is 0 Å². The van der Waals surface area contributed by atoms with E-state index in [4.69, 9.17) is 5.73 Å². The van der Waals surface area contributed by atoms with Gasteiger partial charge in [0.1, 0.15) is 0 Å². The van der Waals surface area contributed by atoms with E-state index in [2.05, 4.69) is 18.5 Å². The summed E-state index contributed by atoms with van der Waals surface area (Å²) >= 11 is 0. The van der Waals surface area contributed by atoms with Crippen molar-refractivity contribution in [3.05, 3.63) is 36.2 Å². The van der Waals surface area contributed by atoms with Crippen LogP contribution >= 0.6 is 0 Å². The molecular formula is C9H12N2. The van der Waals surface area contributed by atoms with Gasteiger partial charge in [-0.3, -0.25) is 4.98 Å². The fourth-order valence-electron chi connectivity index (χ4n) is 0.871. The summed E-state index contributed by atoms with van der Waals surface area (Å²) in [4.78, 5) is 4.14. The summed E-state index contributed by atoms with van der Waals surface area (Å²) in [5.74, 6) is 0. The molecule has 11 heavy (non-hydrogen) atoms. The zero-order valence-electron chi connectivity index (χ0n) is 6.67. The smallest absolute Gasteiger partial charge is 0.0407 e. The van der Waals surface area contributed by atoms with Gasteiger partial charge in [0, 0.05) is 23.2 Å². The van der Waals surface area contributed by atoms with Crippen LogP contribution in [0.1, 0.15) is 18.2 Å². The van der Waals surface area contributed by atoms with Gasteiger partial charge in [0.15, 0.2) is 0 Å². The molecule has 0 fully saturated rings. The fraction of sp³-hybridized carbons (Fsp3) is 0.222. The van der Waals surface area contributed by atoms with Gasteiger partial charge in [0.05, 0.1) is 0 Å². The normalized spacial score (nSPS) is 9.55. The first-order chi connectivity index (χ1) is 5.24. The van der Waals surface area contributed by atoms with Crippen LogP contribution in [0.4, 0.5) is 0 Å². The highest BCUT2D eigenvalue weighted by Gasteiger charge is 1.94. The van der Waals surface area contributed by atoms with Crippen molar-refractivity contribution in [2.24, 2.45) is 5.73 Å². The van der Waals surface area contributed by atoms with Crippen LogP contribution in [-0.4, -0.2) is 4.98 Å². The second kappa shape index (κ2) is 3.19. The van der Waals surface area contributed by atoms with Crippen molar-refractivity contribution in [1.82, 2.24) is 4.98 Å². The van der Waals surface area contributed by atoms with Gasteiger partial charge in [0.25, 0.3) is 0 Å². The number of nitrogens with zero attached hydrogens (tertiary/aromatic N) is 1. The highest BCUT2D eigenvalue weighted by molar-refractivity contribution is 5.59. The summed E-state index contributed by atoms with van der Waals surface area (Å²) < 4.78 is 0. The van der Waals surface area contributed by atoms with Crippen LogP contribution in [0.25, 0.3) is 5.70 Å². The Morgan fingerprint density at radius 2 is 2.45 bits per heavy atom. The van der Waals surface area contributed by atoms with E-state index in [0.29, 0.717) is 5.70 Å². The molecule has 1 heterocycles. The Balaban J connectivity index is 3.01. The molecule has 0 aliphatic carbocycles. The Bertz CT molecular complexity index is 266. The summed E-state index contributed by atoms with van der Waals surface area (Å²) in [6, 6.07) is 3.82. The van der Waals surface area contributed by atoms with Crippen LogP contribution in [0.2, 0.25) is 0 Å². The molecule has 2 nitrogen and oxygen atoms in total. The van der Waals surface area contributed by atoms with E-state index in [1.807, 2.05) is 12.1 Å². The molecule has 0 unspecified atom stereocenters. The maximum absolute atomic E-state index is 5.52. The molecule has 58 valence electrons. The van der Waals surface area contributed by atoms with Crippen LogP contribution in [-0.2, 0) is 6.42 Å². The predicted molar refractivity (Wildman–Crippen MR) is 46.8 cm³/mol. The summed E-state index contributed by atoms with van der Waals surface area (Å²) in [5, 5.41) is 0. The number of hydrogen-bond donors (Lipinski definition) is 1. The minimum Gasteiger partial charge on any atom is -0.399 e. The van der Waals surface area contributed by atoms with Crippen LogP contribution in [0.5, 0.6) is 0 Å². The molecule has 1 aromatic rings. The van der Waals surface area contributed by atoms with Gasteiger partial charge in [-0.25, -0.2) is 0 Å². The third-order valence-corrected chi connectivity index (χ3v) is 1.55. The average Bonchev–Trinajstić information content (AvgIpc) is 2.05. The van der Waals surface area contributed by atoms with Crippen molar-refractivity contribution < 1.29 is 0 Å². The minimum atomic E-state index is 0.599. The van der Waals surface area contributed by atoms with E-state index in [-0.39, 0.29) is 0 Å². The Labute approximate surface area is 66.8 Å². The molecule has 2 N–H and O–H groups in total. The quantitative estimate of drug-likeness (QED) is 0.691. The molecule has 0 bridgehead atoms. The number of aromatic nitrogens is 1. The minimum absolute atomic E-state index is 0.599. The van der Waals surface area contributed by atoms with Gasteiger partial charge in [-0.05, 0) is 18.6 Å². The molecule has 0 atom stereocenters. The zero-order chi connectivity index (χ0) is 8.27. The molecule has 0 aliphatic rings. The monoisotopic (exact) mass is 148 g/mol. The Hall–Kier alpha value is -1.31. The van der Waals surface area contributed by atoms with Crippen molar-refractivity contribution in [3.63, 3.8) is 0 Å². The topological polar surface area (TPSA) is 38.9 Å². The summed E-state index contributed by atoms with van der Waals surface area (Å²) in [6.07, 6.45) is 2.69. The molecular weight excluding hydrogens is 136 g/mol. The lowest BCUT2D eigenvalue weighted by molar-refractivity contribution is 1.03. The van der Waals surface area contributed by atoms with Crippen molar-refractivity contribution in [2.75, 3.05) is 0 Å². The number of aryl methyl sites for hydroxylation is 1. The fourth-order valence-corrected chi connectivity index (χ4v) is 0.871. The number of hydrogen-bond acceptors (Lipinski definition) is 2. The lowest BCUT2D eigenvalue weighted by Crippen LogP contribution is -1.96. The summed E-state index contributed by atoms with van der Waals surface area (Å²) in [6.45, 7) is 5.71. The molecule has 1 rings (SSSR count). The molecule has 0 amide bonds. The first-order valence-corrected chi connectivity index (χ1v) is 3.63. The highest BCUT2D eigenvalue weighted by Crippen LogP contribution is 2.07.